The van der Waals surface area contributed by atoms with Crippen LogP contribution in [0.2, 0.25) is 5.02 Å². The highest BCUT2D eigenvalue weighted by atomic mass is 35.5. The molecule has 2 N–H and O–H groups in total. The van der Waals surface area contributed by atoms with Gasteiger partial charge < -0.3 is 5.73 Å². The minimum absolute atomic E-state index is 0.375. The Hall–Kier alpha value is -1.55. The summed E-state index contributed by atoms with van der Waals surface area (Å²) in [5.74, 6) is 1.05. The van der Waals surface area contributed by atoms with Crippen molar-refractivity contribution in [3.8, 4) is 11.4 Å². The van der Waals surface area contributed by atoms with E-state index >= 15 is 0 Å². The summed E-state index contributed by atoms with van der Waals surface area (Å²) in [5.41, 5.74) is 6.41. The van der Waals surface area contributed by atoms with Crippen molar-refractivity contribution in [2.24, 2.45) is 7.05 Å². The lowest BCUT2D eigenvalue weighted by Gasteiger charge is -2.02. The molecule has 2 rings (SSSR count). The Morgan fingerprint density at radius 1 is 1.29 bits per heavy atom. The van der Waals surface area contributed by atoms with Gasteiger partial charge in [-0.3, -0.25) is 4.57 Å². The van der Waals surface area contributed by atoms with Crippen LogP contribution in [0.3, 0.4) is 0 Å². The standard InChI is InChI=1S/C9H9ClN4/c1-14-8(12-13-9(14)11)6-4-2-3-5-7(6)10/h2-5H,1H3,(H2,11,13). The molecule has 0 radical (unpaired) electrons. The van der Waals surface area contributed by atoms with Crippen molar-refractivity contribution in [2.45, 2.75) is 0 Å². The third-order valence-electron chi connectivity index (χ3n) is 2.02. The highest BCUT2D eigenvalue weighted by molar-refractivity contribution is 6.33. The molecule has 1 aromatic heterocycles. The quantitative estimate of drug-likeness (QED) is 0.777. The molecule has 0 saturated carbocycles. The maximum atomic E-state index is 6.02. The van der Waals surface area contributed by atoms with Gasteiger partial charge in [0, 0.05) is 12.6 Å². The predicted octanol–water partition coefficient (Wildman–Crippen LogP) is 1.72. The number of benzene rings is 1. The van der Waals surface area contributed by atoms with Crippen molar-refractivity contribution in [2.75, 3.05) is 5.73 Å². The summed E-state index contributed by atoms with van der Waals surface area (Å²) in [4.78, 5) is 0. The zero-order chi connectivity index (χ0) is 10.1. The number of halogens is 1. The van der Waals surface area contributed by atoms with Gasteiger partial charge >= 0.3 is 0 Å². The lowest BCUT2D eigenvalue weighted by Crippen LogP contribution is -1.98. The van der Waals surface area contributed by atoms with Crippen LogP contribution in [0.25, 0.3) is 11.4 Å². The maximum absolute atomic E-state index is 6.02. The lowest BCUT2D eigenvalue weighted by molar-refractivity contribution is 0.934. The van der Waals surface area contributed by atoms with Crippen LogP contribution in [-0.4, -0.2) is 14.8 Å². The van der Waals surface area contributed by atoms with Gasteiger partial charge in [-0.05, 0) is 12.1 Å². The first-order valence-electron chi connectivity index (χ1n) is 4.10. The minimum Gasteiger partial charge on any atom is -0.368 e. The molecule has 0 spiro atoms. The van der Waals surface area contributed by atoms with Gasteiger partial charge in [-0.1, -0.05) is 23.7 Å². The Morgan fingerprint density at radius 2 is 2.00 bits per heavy atom. The van der Waals surface area contributed by atoms with E-state index in [9.17, 15) is 0 Å². The average Bonchev–Trinajstić information content (AvgIpc) is 2.49. The van der Waals surface area contributed by atoms with E-state index in [1.807, 2.05) is 24.3 Å². The SMILES string of the molecule is Cn1c(N)nnc1-c1ccccc1Cl. The Balaban J connectivity index is 2.60. The van der Waals surface area contributed by atoms with Crippen LogP contribution >= 0.6 is 11.6 Å². The normalized spacial score (nSPS) is 10.4. The maximum Gasteiger partial charge on any atom is 0.222 e. The van der Waals surface area contributed by atoms with Gasteiger partial charge in [0.1, 0.15) is 0 Å². The molecule has 0 saturated heterocycles. The second-order valence-corrected chi connectivity index (χ2v) is 3.33. The number of aromatic nitrogens is 3. The highest BCUT2D eigenvalue weighted by Gasteiger charge is 2.10. The molecule has 5 heteroatoms. The van der Waals surface area contributed by atoms with Gasteiger partial charge in [0.15, 0.2) is 5.82 Å². The van der Waals surface area contributed by atoms with E-state index in [2.05, 4.69) is 10.2 Å². The second-order valence-electron chi connectivity index (χ2n) is 2.92. The second kappa shape index (κ2) is 3.31. The fourth-order valence-electron chi connectivity index (χ4n) is 1.22. The molecular weight excluding hydrogens is 200 g/mol. The topological polar surface area (TPSA) is 56.7 Å². The number of hydrogen-bond acceptors (Lipinski definition) is 3. The number of nitrogens with two attached hydrogens (primary N) is 1. The van der Waals surface area contributed by atoms with Crippen LogP contribution in [0, 0.1) is 0 Å². The monoisotopic (exact) mass is 208 g/mol. The molecule has 0 unspecified atom stereocenters. The molecule has 0 aliphatic carbocycles. The van der Waals surface area contributed by atoms with E-state index in [4.69, 9.17) is 17.3 Å². The summed E-state index contributed by atoms with van der Waals surface area (Å²) in [5, 5.41) is 8.36. The van der Waals surface area contributed by atoms with Crippen molar-refractivity contribution in [1.82, 2.24) is 14.8 Å². The molecular formula is C9H9ClN4. The molecule has 2 aromatic rings. The molecule has 0 amide bonds. The molecule has 0 aliphatic heterocycles. The van der Waals surface area contributed by atoms with E-state index in [0.717, 1.165) is 5.56 Å². The molecule has 14 heavy (non-hydrogen) atoms. The van der Waals surface area contributed by atoms with Crippen molar-refractivity contribution in [1.29, 1.82) is 0 Å². The first-order chi connectivity index (χ1) is 6.70. The zero-order valence-electron chi connectivity index (χ0n) is 7.61. The van der Waals surface area contributed by atoms with Crippen LogP contribution in [0.5, 0.6) is 0 Å². The van der Waals surface area contributed by atoms with Crippen LogP contribution in [0.1, 0.15) is 0 Å². The fraction of sp³-hybridized carbons (Fsp3) is 0.111. The molecule has 1 heterocycles. The smallest absolute Gasteiger partial charge is 0.222 e. The Morgan fingerprint density at radius 3 is 2.57 bits per heavy atom. The largest absolute Gasteiger partial charge is 0.368 e. The van der Waals surface area contributed by atoms with Gasteiger partial charge in [0.2, 0.25) is 5.95 Å². The average molecular weight is 209 g/mol. The van der Waals surface area contributed by atoms with Gasteiger partial charge in [-0.25, -0.2) is 0 Å². The molecule has 72 valence electrons. The van der Waals surface area contributed by atoms with E-state index < -0.39 is 0 Å². The first-order valence-corrected chi connectivity index (χ1v) is 4.47. The van der Waals surface area contributed by atoms with E-state index in [-0.39, 0.29) is 0 Å². The summed E-state index contributed by atoms with van der Waals surface area (Å²) in [6, 6.07) is 7.45. The molecule has 0 atom stereocenters. The van der Waals surface area contributed by atoms with Crippen molar-refractivity contribution >= 4 is 17.5 Å². The molecule has 1 aromatic carbocycles. The van der Waals surface area contributed by atoms with E-state index in [1.54, 1.807) is 11.6 Å². The predicted molar refractivity (Wildman–Crippen MR) is 55.9 cm³/mol. The number of nitrogen functional groups attached to an aromatic ring is 1. The van der Waals surface area contributed by atoms with Crippen LogP contribution in [-0.2, 0) is 7.05 Å². The summed E-state index contributed by atoms with van der Waals surface area (Å²) >= 11 is 6.02. The molecule has 4 nitrogen and oxygen atoms in total. The van der Waals surface area contributed by atoms with Crippen LogP contribution < -0.4 is 5.73 Å². The van der Waals surface area contributed by atoms with Gasteiger partial charge in [0.05, 0.1) is 5.02 Å². The summed E-state index contributed by atoms with van der Waals surface area (Å²) in [6.07, 6.45) is 0. The summed E-state index contributed by atoms with van der Waals surface area (Å²) in [7, 11) is 1.80. The van der Waals surface area contributed by atoms with Crippen molar-refractivity contribution < 1.29 is 0 Å². The van der Waals surface area contributed by atoms with E-state index in [0.29, 0.717) is 16.8 Å². The van der Waals surface area contributed by atoms with Gasteiger partial charge in [-0.2, -0.15) is 0 Å². The van der Waals surface area contributed by atoms with Gasteiger partial charge in [0.25, 0.3) is 0 Å². The Kier molecular flexibility index (Phi) is 2.13. The van der Waals surface area contributed by atoms with E-state index in [1.165, 1.54) is 0 Å². The number of hydrogen-bond donors (Lipinski definition) is 1. The molecule has 0 aliphatic rings. The molecule has 0 fully saturated rings. The third kappa shape index (κ3) is 1.33. The minimum atomic E-state index is 0.375. The number of rotatable bonds is 1. The van der Waals surface area contributed by atoms with Crippen molar-refractivity contribution in [3.05, 3.63) is 29.3 Å². The Labute approximate surface area is 86.3 Å². The fourth-order valence-corrected chi connectivity index (χ4v) is 1.44. The number of anilines is 1. The lowest BCUT2D eigenvalue weighted by atomic mass is 10.2. The highest BCUT2D eigenvalue weighted by Crippen LogP contribution is 2.25. The van der Waals surface area contributed by atoms with Crippen molar-refractivity contribution in [3.63, 3.8) is 0 Å². The summed E-state index contributed by atoms with van der Waals surface area (Å²) < 4.78 is 1.70. The zero-order valence-corrected chi connectivity index (χ0v) is 8.36. The number of nitrogens with zero attached hydrogens (tertiary/aromatic N) is 3. The first kappa shape index (κ1) is 9.02. The van der Waals surface area contributed by atoms with Crippen LogP contribution in [0.15, 0.2) is 24.3 Å². The van der Waals surface area contributed by atoms with Crippen LogP contribution in [0.4, 0.5) is 5.95 Å². The summed E-state index contributed by atoms with van der Waals surface area (Å²) in [6.45, 7) is 0. The third-order valence-corrected chi connectivity index (χ3v) is 2.35. The Bertz CT molecular complexity index is 464. The van der Waals surface area contributed by atoms with Gasteiger partial charge in [-0.15, -0.1) is 10.2 Å². The molecule has 0 bridgehead atoms.